The SMILES string of the molecule is CC(C)(C)Nc1c(C2CCN(C(=O)CCc3cccnc3)CC2)nc2ccccn12. The molecular weight excluding hydrogens is 374 g/mol. The van der Waals surface area contributed by atoms with E-state index in [1.165, 1.54) is 0 Å². The maximum Gasteiger partial charge on any atom is 0.222 e. The van der Waals surface area contributed by atoms with Crippen molar-refractivity contribution >= 4 is 17.4 Å². The second kappa shape index (κ2) is 8.46. The maximum absolute atomic E-state index is 12.7. The number of piperidine rings is 1. The molecule has 0 atom stereocenters. The van der Waals surface area contributed by atoms with Crippen molar-refractivity contribution in [3.05, 3.63) is 60.2 Å². The van der Waals surface area contributed by atoms with Crippen molar-refractivity contribution in [1.29, 1.82) is 0 Å². The zero-order valence-electron chi connectivity index (χ0n) is 18.1. The smallest absolute Gasteiger partial charge is 0.222 e. The van der Waals surface area contributed by atoms with E-state index in [0.29, 0.717) is 12.3 Å². The van der Waals surface area contributed by atoms with E-state index in [0.717, 1.165) is 55.1 Å². The van der Waals surface area contributed by atoms with Gasteiger partial charge in [0.2, 0.25) is 5.91 Å². The molecule has 0 aliphatic carbocycles. The van der Waals surface area contributed by atoms with Gasteiger partial charge in [-0.25, -0.2) is 4.98 Å². The van der Waals surface area contributed by atoms with Gasteiger partial charge in [-0.15, -0.1) is 0 Å². The Morgan fingerprint density at radius 1 is 1.17 bits per heavy atom. The summed E-state index contributed by atoms with van der Waals surface area (Å²) < 4.78 is 2.14. The maximum atomic E-state index is 12.7. The van der Waals surface area contributed by atoms with Crippen LogP contribution in [-0.4, -0.2) is 43.8 Å². The summed E-state index contributed by atoms with van der Waals surface area (Å²) in [6.45, 7) is 8.09. The van der Waals surface area contributed by atoms with Crippen LogP contribution in [0, 0.1) is 0 Å². The molecular formula is C24H31N5O. The normalized spacial score (nSPS) is 15.5. The number of amides is 1. The van der Waals surface area contributed by atoms with Crippen LogP contribution in [0.2, 0.25) is 0 Å². The number of anilines is 1. The van der Waals surface area contributed by atoms with Gasteiger partial charge in [-0.05, 0) is 63.8 Å². The zero-order valence-corrected chi connectivity index (χ0v) is 18.1. The molecule has 1 aliphatic heterocycles. The Labute approximate surface area is 178 Å². The number of aromatic nitrogens is 3. The summed E-state index contributed by atoms with van der Waals surface area (Å²) >= 11 is 0. The summed E-state index contributed by atoms with van der Waals surface area (Å²) in [5.74, 6) is 1.68. The predicted octanol–water partition coefficient (Wildman–Crippen LogP) is 4.28. The molecule has 6 heteroatoms. The highest BCUT2D eigenvalue weighted by atomic mass is 16.2. The minimum atomic E-state index is -0.0521. The molecule has 4 rings (SSSR count). The average Bonchev–Trinajstić information content (AvgIpc) is 3.10. The van der Waals surface area contributed by atoms with Gasteiger partial charge >= 0.3 is 0 Å². The highest BCUT2D eigenvalue weighted by Crippen LogP contribution is 2.34. The van der Waals surface area contributed by atoms with Gasteiger partial charge in [-0.1, -0.05) is 12.1 Å². The van der Waals surface area contributed by atoms with Crippen LogP contribution in [0.4, 0.5) is 5.82 Å². The Morgan fingerprint density at radius 2 is 1.97 bits per heavy atom. The number of nitrogens with zero attached hydrogens (tertiary/aromatic N) is 4. The number of hydrogen-bond acceptors (Lipinski definition) is 4. The third-order valence-electron chi connectivity index (χ3n) is 5.63. The lowest BCUT2D eigenvalue weighted by atomic mass is 9.92. The number of fused-ring (bicyclic) bond motifs is 1. The Balaban J connectivity index is 1.43. The first-order valence-corrected chi connectivity index (χ1v) is 10.8. The quantitative estimate of drug-likeness (QED) is 0.688. The van der Waals surface area contributed by atoms with Crippen LogP contribution < -0.4 is 5.32 Å². The molecule has 6 nitrogen and oxygen atoms in total. The molecule has 0 bridgehead atoms. The first kappa shape index (κ1) is 20.4. The van der Waals surface area contributed by atoms with E-state index in [4.69, 9.17) is 4.98 Å². The largest absolute Gasteiger partial charge is 0.365 e. The lowest BCUT2D eigenvalue weighted by Crippen LogP contribution is -2.38. The van der Waals surface area contributed by atoms with Crippen molar-refractivity contribution in [3.63, 3.8) is 0 Å². The fourth-order valence-corrected chi connectivity index (χ4v) is 4.14. The van der Waals surface area contributed by atoms with Gasteiger partial charge in [0.15, 0.2) is 0 Å². The van der Waals surface area contributed by atoms with Gasteiger partial charge in [0.25, 0.3) is 0 Å². The van der Waals surface area contributed by atoms with Gasteiger partial charge in [0, 0.05) is 49.6 Å². The summed E-state index contributed by atoms with van der Waals surface area (Å²) in [7, 11) is 0. The van der Waals surface area contributed by atoms with Crippen LogP contribution in [-0.2, 0) is 11.2 Å². The van der Waals surface area contributed by atoms with E-state index in [1.54, 1.807) is 6.20 Å². The molecule has 1 aliphatic rings. The van der Waals surface area contributed by atoms with E-state index in [2.05, 4.69) is 47.7 Å². The predicted molar refractivity (Wildman–Crippen MR) is 120 cm³/mol. The molecule has 1 N–H and O–H groups in total. The Morgan fingerprint density at radius 3 is 2.67 bits per heavy atom. The monoisotopic (exact) mass is 405 g/mol. The van der Waals surface area contributed by atoms with Crippen molar-refractivity contribution in [3.8, 4) is 0 Å². The molecule has 1 fully saturated rings. The second-order valence-corrected chi connectivity index (χ2v) is 9.17. The van der Waals surface area contributed by atoms with Crippen LogP contribution in [0.5, 0.6) is 0 Å². The van der Waals surface area contributed by atoms with E-state index < -0.39 is 0 Å². The topological polar surface area (TPSA) is 62.5 Å². The molecule has 158 valence electrons. The third kappa shape index (κ3) is 4.64. The molecule has 1 amide bonds. The molecule has 0 saturated carbocycles. The summed E-state index contributed by atoms with van der Waals surface area (Å²) in [5.41, 5.74) is 3.15. The fraction of sp³-hybridized carbons (Fsp3) is 0.458. The first-order valence-electron chi connectivity index (χ1n) is 10.8. The number of likely N-dealkylation sites (tertiary alicyclic amines) is 1. The van der Waals surface area contributed by atoms with Crippen LogP contribution in [0.15, 0.2) is 48.9 Å². The molecule has 0 aromatic carbocycles. The van der Waals surface area contributed by atoms with E-state index >= 15 is 0 Å². The lowest BCUT2D eigenvalue weighted by Gasteiger charge is -2.32. The van der Waals surface area contributed by atoms with Gasteiger partial charge in [-0.3, -0.25) is 14.2 Å². The Kier molecular flexibility index (Phi) is 5.75. The molecule has 30 heavy (non-hydrogen) atoms. The van der Waals surface area contributed by atoms with Gasteiger partial charge < -0.3 is 10.2 Å². The molecule has 1 saturated heterocycles. The Bertz CT molecular complexity index is 997. The molecule has 4 heterocycles. The number of aryl methyl sites for hydroxylation is 1. The van der Waals surface area contributed by atoms with Crippen molar-refractivity contribution in [2.75, 3.05) is 18.4 Å². The standard InChI is InChI=1S/C24H31N5O/c1-24(2,3)27-23-22(26-20-8-4-5-14-29(20)23)19-11-15-28(16-12-19)21(30)10-9-18-7-6-13-25-17-18/h4-8,13-14,17,19,27H,9-12,15-16H2,1-3H3. The van der Waals surface area contributed by atoms with Crippen LogP contribution in [0.3, 0.4) is 0 Å². The number of imidazole rings is 1. The second-order valence-electron chi connectivity index (χ2n) is 9.17. The van der Waals surface area contributed by atoms with E-state index in [1.807, 2.05) is 35.4 Å². The highest BCUT2D eigenvalue weighted by Gasteiger charge is 2.29. The zero-order chi connectivity index (χ0) is 21.1. The number of hydrogen-bond donors (Lipinski definition) is 1. The summed E-state index contributed by atoms with van der Waals surface area (Å²) in [6, 6.07) is 10.1. The summed E-state index contributed by atoms with van der Waals surface area (Å²) in [4.78, 5) is 23.8. The summed E-state index contributed by atoms with van der Waals surface area (Å²) in [5, 5.41) is 3.66. The van der Waals surface area contributed by atoms with Crippen molar-refractivity contribution in [1.82, 2.24) is 19.3 Å². The van der Waals surface area contributed by atoms with Crippen molar-refractivity contribution < 1.29 is 4.79 Å². The lowest BCUT2D eigenvalue weighted by molar-refractivity contribution is -0.132. The number of nitrogens with one attached hydrogen (secondary N) is 1. The Hall–Kier alpha value is -2.89. The third-order valence-corrected chi connectivity index (χ3v) is 5.63. The first-order chi connectivity index (χ1) is 14.4. The highest BCUT2D eigenvalue weighted by molar-refractivity contribution is 5.76. The number of carbonyl (C=O) groups is 1. The van der Waals surface area contributed by atoms with Gasteiger partial charge in [0.05, 0.1) is 5.69 Å². The molecule has 0 spiro atoms. The van der Waals surface area contributed by atoms with Crippen LogP contribution in [0.1, 0.15) is 57.2 Å². The van der Waals surface area contributed by atoms with Crippen LogP contribution >= 0.6 is 0 Å². The van der Waals surface area contributed by atoms with Crippen molar-refractivity contribution in [2.24, 2.45) is 0 Å². The van der Waals surface area contributed by atoms with Gasteiger partial charge in [0.1, 0.15) is 11.5 Å². The fourth-order valence-electron chi connectivity index (χ4n) is 4.14. The molecule has 0 unspecified atom stereocenters. The van der Waals surface area contributed by atoms with E-state index in [9.17, 15) is 4.79 Å². The summed E-state index contributed by atoms with van der Waals surface area (Å²) in [6.07, 6.45) is 8.85. The number of carbonyl (C=O) groups excluding carboxylic acids is 1. The molecule has 3 aromatic rings. The molecule has 0 radical (unpaired) electrons. The number of pyridine rings is 2. The van der Waals surface area contributed by atoms with Crippen molar-refractivity contribution in [2.45, 2.75) is 57.9 Å². The average molecular weight is 406 g/mol. The van der Waals surface area contributed by atoms with Crippen LogP contribution in [0.25, 0.3) is 5.65 Å². The van der Waals surface area contributed by atoms with E-state index in [-0.39, 0.29) is 11.4 Å². The molecule has 3 aromatic heterocycles. The minimum Gasteiger partial charge on any atom is -0.365 e. The number of rotatable bonds is 5. The van der Waals surface area contributed by atoms with Gasteiger partial charge in [-0.2, -0.15) is 0 Å². The minimum absolute atomic E-state index is 0.0521.